The minimum absolute atomic E-state index is 0.0992. The van der Waals surface area contributed by atoms with Crippen LogP contribution in [0.2, 0.25) is 5.02 Å². The Balaban J connectivity index is 2.12. The molecular weight excluding hydrogens is 327 g/mol. The van der Waals surface area contributed by atoms with Crippen LogP contribution < -0.4 is 0 Å². The molecule has 1 unspecified atom stereocenters. The summed E-state index contributed by atoms with van der Waals surface area (Å²) in [4.78, 5) is 0.854. The number of hydrogen-bond donors (Lipinski definition) is 1. The summed E-state index contributed by atoms with van der Waals surface area (Å²) in [6, 6.07) is 8.31. The third-order valence-corrected chi connectivity index (χ3v) is 4.37. The number of rotatable bonds is 3. The number of hydrogen-bond acceptors (Lipinski definition) is 2. The van der Waals surface area contributed by atoms with Crippen LogP contribution in [0.1, 0.15) is 16.5 Å². The van der Waals surface area contributed by atoms with Gasteiger partial charge in [-0.2, -0.15) is 0 Å². The van der Waals surface area contributed by atoms with Crippen LogP contribution in [0.25, 0.3) is 0 Å². The van der Waals surface area contributed by atoms with E-state index >= 15 is 0 Å². The molecular formula is C12H9BrClFOS. The fraction of sp³-hybridized carbons (Fsp3) is 0.167. The molecule has 0 amide bonds. The summed E-state index contributed by atoms with van der Waals surface area (Å²) < 4.78 is 14.2. The van der Waals surface area contributed by atoms with Gasteiger partial charge >= 0.3 is 0 Å². The molecule has 2 rings (SSSR count). The van der Waals surface area contributed by atoms with E-state index in [9.17, 15) is 9.50 Å². The SMILES string of the molecule is OC(Cc1ccc(Cl)c(F)c1)c1ccc(Br)s1. The Morgan fingerprint density at radius 2 is 2.12 bits per heavy atom. The molecule has 0 fully saturated rings. The van der Waals surface area contributed by atoms with E-state index in [1.54, 1.807) is 6.07 Å². The summed E-state index contributed by atoms with van der Waals surface area (Å²) in [6.07, 6.45) is -0.243. The summed E-state index contributed by atoms with van der Waals surface area (Å²) in [7, 11) is 0. The van der Waals surface area contributed by atoms with E-state index in [4.69, 9.17) is 11.6 Å². The van der Waals surface area contributed by atoms with Gasteiger partial charge in [0.15, 0.2) is 0 Å². The third kappa shape index (κ3) is 3.28. The highest BCUT2D eigenvalue weighted by molar-refractivity contribution is 9.11. The molecule has 1 heterocycles. The van der Waals surface area contributed by atoms with Crippen LogP contribution in [0.3, 0.4) is 0 Å². The molecule has 1 aromatic carbocycles. The van der Waals surface area contributed by atoms with Gasteiger partial charge in [0.2, 0.25) is 0 Å². The standard InChI is InChI=1S/C12H9BrClFOS/c13-12-4-3-11(17-12)10(16)6-7-1-2-8(14)9(15)5-7/h1-5,10,16H,6H2. The zero-order valence-electron chi connectivity index (χ0n) is 8.66. The summed E-state index contributed by atoms with van der Waals surface area (Å²) in [5.74, 6) is -0.455. The second-order valence-corrected chi connectivity index (χ2v) is 6.51. The van der Waals surface area contributed by atoms with Gasteiger partial charge in [-0.15, -0.1) is 11.3 Å². The Hall–Kier alpha value is -0.420. The van der Waals surface area contributed by atoms with Gasteiger partial charge in [-0.1, -0.05) is 17.7 Å². The van der Waals surface area contributed by atoms with Crippen LogP contribution in [0.4, 0.5) is 4.39 Å². The molecule has 1 nitrogen and oxygen atoms in total. The van der Waals surface area contributed by atoms with Gasteiger partial charge in [0.25, 0.3) is 0 Å². The summed E-state index contributed by atoms with van der Waals surface area (Å²) in [5, 5.41) is 10.1. The van der Waals surface area contributed by atoms with Gasteiger partial charge in [-0.25, -0.2) is 4.39 Å². The van der Waals surface area contributed by atoms with Crippen LogP contribution in [0.5, 0.6) is 0 Å². The predicted molar refractivity (Wildman–Crippen MR) is 72.1 cm³/mol. The lowest BCUT2D eigenvalue weighted by molar-refractivity contribution is 0.182. The Kier molecular flexibility index (Phi) is 4.20. The highest BCUT2D eigenvalue weighted by atomic mass is 79.9. The monoisotopic (exact) mass is 334 g/mol. The smallest absolute Gasteiger partial charge is 0.142 e. The first-order chi connectivity index (χ1) is 8.06. The van der Waals surface area contributed by atoms with E-state index in [2.05, 4.69) is 15.9 Å². The molecule has 1 atom stereocenters. The first-order valence-corrected chi connectivity index (χ1v) is 6.92. The van der Waals surface area contributed by atoms with E-state index in [0.29, 0.717) is 6.42 Å². The Morgan fingerprint density at radius 3 is 2.71 bits per heavy atom. The third-order valence-electron chi connectivity index (χ3n) is 2.34. The topological polar surface area (TPSA) is 20.2 Å². The molecule has 1 aromatic heterocycles. The molecule has 0 saturated heterocycles. The van der Waals surface area contributed by atoms with Crippen molar-refractivity contribution in [1.29, 1.82) is 0 Å². The zero-order chi connectivity index (χ0) is 12.4. The van der Waals surface area contributed by atoms with E-state index in [0.717, 1.165) is 14.2 Å². The van der Waals surface area contributed by atoms with Crippen LogP contribution >= 0.6 is 38.9 Å². The van der Waals surface area contributed by atoms with E-state index in [1.165, 1.54) is 23.5 Å². The molecule has 0 bridgehead atoms. The average molecular weight is 336 g/mol. The molecule has 0 spiro atoms. The van der Waals surface area contributed by atoms with Crippen LogP contribution in [-0.4, -0.2) is 5.11 Å². The minimum atomic E-state index is -0.619. The van der Waals surface area contributed by atoms with Crippen molar-refractivity contribution < 1.29 is 9.50 Å². The molecule has 90 valence electrons. The second kappa shape index (κ2) is 5.48. The Bertz CT molecular complexity index is 529. The van der Waals surface area contributed by atoms with Gasteiger partial charge in [0, 0.05) is 11.3 Å². The molecule has 2 aromatic rings. The van der Waals surface area contributed by atoms with E-state index < -0.39 is 11.9 Å². The molecule has 0 radical (unpaired) electrons. The van der Waals surface area contributed by atoms with E-state index in [1.807, 2.05) is 12.1 Å². The lowest BCUT2D eigenvalue weighted by Crippen LogP contribution is -1.99. The van der Waals surface area contributed by atoms with Gasteiger partial charge < -0.3 is 5.11 Å². The molecule has 5 heteroatoms. The molecule has 0 aliphatic heterocycles. The largest absolute Gasteiger partial charge is 0.387 e. The fourth-order valence-corrected chi connectivity index (χ4v) is 3.02. The quantitative estimate of drug-likeness (QED) is 0.870. The van der Waals surface area contributed by atoms with Crippen LogP contribution in [0, 0.1) is 5.82 Å². The summed E-state index contributed by atoms with van der Waals surface area (Å²) in [5.41, 5.74) is 0.726. The van der Waals surface area contributed by atoms with Crippen molar-refractivity contribution in [2.24, 2.45) is 0 Å². The van der Waals surface area contributed by atoms with Crippen molar-refractivity contribution in [2.75, 3.05) is 0 Å². The molecule has 1 N–H and O–H groups in total. The average Bonchev–Trinajstić information content (AvgIpc) is 2.70. The van der Waals surface area contributed by atoms with Crippen molar-refractivity contribution in [1.82, 2.24) is 0 Å². The number of aliphatic hydroxyl groups is 1. The second-order valence-electron chi connectivity index (χ2n) is 3.61. The first-order valence-electron chi connectivity index (χ1n) is 4.93. The maximum atomic E-state index is 13.2. The molecule has 0 saturated carbocycles. The zero-order valence-corrected chi connectivity index (χ0v) is 11.8. The fourth-order valence-electron chi connectivity index (χ4n) is 1.50. The highest BCUT2D eigenvalue weighted by Gasteiger charge is 2.12. The Morgan fingerprint density at radius 1 is 1.35 bits per heavy atom. The number of benzene rings is 1. The summed E-state index contributed by atoms with van der Waals surface area (Å²) in [6.45, 7) is 0. The number of halogens is 3. The summed E-state index contributed by atoms with van der Waals surface area (Å²) >= 11 is 10.4. The van der Waals surface area contributed by atoms with Gasteiger partial charge in [0.1, 0.15) is 5.82 Å². The van der Waals surface area contributed by atoms with Crippen molar-refractivity contribution in [3.8, 4) is 0 Å². The predicted octanol–water partition coefficient (Wildman–Crippen LogP) is 4.58. The normalized spacial score (nSPS) is 12.7. The lowest BCUT2D eigenvalue weighted by Gasteiger charge is -2.08. The lowest BCUT2D eigenvalue weighted by atomic mass is 10.1. The van der Waals surface area contributed by atoms with Crippen molar-refractivity contribution in [3.05, 3.63) is 55.4 Å². The van der Waals surface area contributed by atoms with Gasteiger partial charge in [-0.05, 0) is 45.8 Å². The van der Waals surface area contributed by atoms with Gasteiger partial charge in [-0.3, -0.25) is 0 Å². The molecule has 17 heavy (non-hydrogen) atoms. The maximum absolute atomic E-state index is 13.2. The van der Waals surface area contributed by atoms with Crippen molar-refractivity contribution >= 4 is 38.9 Å². The van der Waals surface area contributed by atoms with Crippen molar-refractivity contribution in [2.45, 2.75) is 12.5 Å². The maximum Gasteiger partial charge on any atom is 0.142 e. The minimum Gasteiger partial charge on any atom is -0.387 e. The van der Waals surface area contributed by atoms with E-state index in [-0.39, 0.29) is 5.02 Å². The Labute approximate surface area is 116 Å². The highest BCUT2D eigenvalue weighted by Crippen LogP contribution is 2.29. The van der Waals surface area contributed by atoms with Crippen LogP contribution in [0.15, 0.2) is 34.1 Å². The van der Waals surface area contributed by atoms with Crippen molar-refractivity contribution in [3.63, 3.8) is 0 Å². The van der Waals surface area contributed by atoms with Crippen LogP contribution in [-0.2, 0) is 6.42 Å². The molecule has 0 aliphatic rings. The number of aliphatic hydroxyl groups excluding tert-OH is 1. The number of thiophene rings is 1. The van der Waals surface area contributed by atoms with Gasteiger partial charge in [0.05, 0.1) is 14.9 Å². The first kappa shape index (κ1) is 13.0. The molecule has 0 aliphatic carbocycles.